The van der Waals surface area contributed by atoms with E-state index in [0.29, 0.717) is 28.4 Å². The Hall–Kier alpha value is -2.42. The van der Waals surface area contributed by atoms with E-state index in [-0.39, 0.29) is 11.7 Å². The summed E-state index contributed by atoms with van der Waals surface area (Å²) in [5.74, 6) is 0.197. The van der Waals surface area contributed by atoms with Gasteiger partial charge in [-0.05, 0) is 49.2 Å². The number of hydrogen-bond donors (Lipinski definition) is 2. The number of amides is 1. The third-order valence-electron chi connectivity index (χ3n) is 5.70. The molecule has 0 spiro atoms. The van der Waals surface area contributed by atoms with Crippen molar-refractivity contribution in [2.75, 3.05) is 37.4 Å². The van der Waals surface area contributed by atoms with Crippen LogP contribution in [0.25, 0.3) is 0 Å². The van der Waals surface area contributed by atoms with Crippen molar-refractivity contribution < 1.29 is 13.9 Å². The Kier molecular flexibility index (Phi) is 6.60. The molecule has 2 aromatic carbocycles. The fourth-order valence-electron chi connectivity index (χ4n) is 3.93. The van der Waals surface area contributed by atoms with Gasteiger partial charge in [0.2, 0.25) is 0 Å². The first-order chi connectivity index (χ1) is 14.9. The molecule has 164 valence electrons. The minimum Gasteiger partial charge on any atom is -0.379 e. The SMILES string of the molecule is CC1(c2cc(NC(=O)c3cccc(CN4CCOCC4)c3)ccc2F)CCSC(N)=N1. The molecule has 1 saturated heterocycles. The van der Waals surface area contributed by atoms with Gasteiger partial charge in [0.25, 0.3) is 5.91 Å². The van der Waals surface area contributed by atoms with Gasteiger partial charge in [0.1, 0.15) is 5.82 Å². The van der Waals surface area contributed by atoms with Crippen LogP contribution < -0.4 is 11.1 Å². The molecule has 0 bridgehead atoms. The number of carbonyl (C=O) groups is 1. The van der Waals surface area contributed by atoms with Crippen LogP contribution in [0, 0.1) is 5.82 Å². The maximum atomic E-state index is 14.6. The zero-order valence-corrected chi connectivity index (χ0v) is 18.4. The Morgan fingerprint density at radius 3 is 2.87 bits per heavy atom. The van der Waals surface area contributed by atoms with E-state index in [9.17, 15) is 9.18 Å². The summed E-state index contributed by atoms with van der Waals surface area (Å²) in [6, 6.07) is 12.2. The van der Waals surface area contributed by atoms with Gasteiger partial charge >= 0.3 is 0 Å². The van der Waals surface area contributed by atoms with Gasteiger partial charge in [-0.25, -0.2) is 4.39 Å². The van der Waals surface area contributed by atoms with Crippen LogP contribution in [0.2, 0.25) is 0 Å². The molecule has 31 heavy (non-hydrogen) atoms. The molecule has 2 aliphatic heterocycles. The lowest BCUT2D eigenvalue weighted by molar-refractivity contribution is 0.0342. The molecule has 2 aromatic rings. The number of nitrogens with zero attached hydrogens (tertiary/aromatic N) is 2. The molecule has 0 radical (unpaired) electrons. The van der Waals surface area contributed by atoms with E-state index in [2.05, 4.69) is 15.2 Å². The normalized spacial score (nSPS) is 22.1. The minimum atomic E-state index is -0.738. The summed E-state index contributed by atoms with van der Waals surface area (Å²) in [4.78, 5) is 19.7. The first kappa shape index (κ1) is 21.8. The largest absolute Gasteiger partial charge is 0.379 e. The second-order valence-corrected chi connectivity index (χ2v) is 9.18. The highest BCUT2D eigenvalue weighted by molar-refractivity contribution is 8.13. The van der Waals surface area contributed by atoms with Crippen molar-refractivity contribution in [2.45, 2.75) is 25.4 Å². The van der Waals surface area contributed by atoms with Gasteiger partial charge in [0, 0.05) is 42.2 Å². The highest BCUT2D eigenvalue weighted by atomic mass is 32.2. The van der Waals surface area contributed by atoms with Crippen molar-refractivity contribution in [1.29, 1.82) is 0 Å². The predicted molar refractivity (Wildman–Crippen MR) is 123 cm³/mol. The molecule has 8 heteroatoms. The Morgan fingerprint density at radius 1 is 1.29 bits per heavy atom. The molecule has 1 fully saturated rings. The van der Waals surface area contributed by atoms with Crippen LogP contribution in [0.4, 0.5) is 10.1 Å². The number of ether oxygens (including phenoxy) is 1. The summed E-state index contributed by atoms with van der Waals surface area (Å²) < 4.78 is 20.0. The number of halogens is 1. The predicted octanol–water partition coefficient (Wildman–Crippen LogP) is 3.58. The van der Waals surface area contributed by atoms with Crippen LogP contribution in [-0.2, 0) is 16.8 Å². The second-order valence-electron chi connectivity index (χ2n) is 8.06. The Labute approximate surface area is 186 Å². The van der Waals surface area contributed by atoms with Crippen molar-refractivity contribution in [2.24, 2.45) is 10.7 Å². The van der Waals surface area contributed by atoms with Crippen LogP contribution in [0.3, 0.4) is 0 Å². The van der Waals surface area contributed by atoms with Crippen LogP contribution >= 0.6 is 11.8 Å². The molecular weight excluding hydrogens is 415 g/mol. The molecule has 3 N–H and O–H groups in total. The number of amidine groups is 1. The van der Waals surface area contributed by atoms with E-state index < -0.39 is 5.54 Å². The fourth-order valence-corrected chi connectivity index (χ4v) is 4.90. The maximum absolute atomic E-state index is 14.6. The minimum absolute atomic E-state index is 0.228. The van der Waals surface area contributed by atoms with Crippen molar-refractivity contribution >= 4 is 28.5 Å². The molecular formula is C23H27FN4O2S. The van der Waals surface area contributed by atoms with Gasteiger partial charge in [-0.15, -0.1) is 0 Å². The highest BCUT2D eigenvalue weighted by Gasteiger charge is 2.32. The van der Waals surface area contributed by atoms with Gasteiger partial charge < -0.3 is 15.8 Å². The number of benzene rings is 2. The van der Waals surface area contributed by atoms with Crippen molar-refractivity contribution in [1.82, 2.24) is 4.90 Å². The zero-order valence-electron chi connectivity index (χ0n) is 17.6. The lowest BCUT2D eigenvalue weighted by atomic mass is 9.89. The van der Waals surface area contributed by atoms with Crippen molar-refractivity contribution in [3.05, 3.63) is 65.0 Å². The van der Waals surface area contributed by atoms with Crippen molar-refractivity contribution in [3.8, 4) is 0 Å². The van der Waals surface area contributed by atoms with Crippen LogP contribution in [0.5, 0.6) is 0 Å². The monoisotopic (exact) mass is 442 g/mol. The zero-order chi connectivity index (χ0) is 21.8. The van der Waals surface area contributed by atoms with Crippen LogP contribution in [-0.4, -0.2) is 48.0 Å². The third kappa shape index (κ3) is 5.26. The molecule has 0 aromatic heterocycles. The number of nitrogens with two attached hydrogens (primary N) is 1. The molecule has 4 rings (SSSR count). The Balaban J connectivity index is 1.50. The van der Waals surface area contributed by atoms with Gasteiger partial charge in [-0.1, -0.05) is 23.9 Å². The maximum Gasteiger partial charge on any atom is 0.255 e. The van der Waals surface area contributed by atoms with Crippen molar-refractivity contribution in [3.63, 3.8) is 0 Å². The topological polar surface area (TPSA) is 80.0 Å². The molecule has 1 amide bonds. The standard InChI is InChI=1S/C23H27FN4O2S/c1-23(7-12-31-22(25)27-23)19-14-18(5-6-20(19)24)26-21(29)17-4-2-3-16(13-17)15-28-8-10-30-11-9-28/h2-6,13-14H,7-12,15H2,1H3,(H2,25,27)(H,26,29). The summed E-state index contributed by atoms with van der Waals surface area (Å²) in [5.41, 5.74) is 7.77. The second kappa shape index (κ2) is 9.38. The average molecular weight is 443 g/mol. The lowest BCUT2D eigenvalue weighted by Crippen LogP contribution is -2.35. The smallest absolute Gasteiger partial charge is 0.255 e. The van der Waals surface area contributed by atoms with Gasteiger partial charge in [-0.3, -0.25) is 14.7 Å². The number of carbonyl (C=O) groups excluding carboxylic acids is 1. The first-order valence-corrected chi connectivity index (χ1v) is 11.4. The van der Waals surface area contributed by atoms with E-state index in [1.165, 1.54) is 17.8 Å². The molecule has 2 aliphatic rings. The molecule has 6 nitrogen and oxygen atoms in total. The van der Waals surface area contributed by atoms with E-state index >= 15 is 0 Å². The molecule has 2 heterocycles. The summed E-state index contributed by atoms with van der Waals surface area (Å²) in [7, 11) is 0. The van der Waals surface area contributed by atoms with Crippen LogP contribution in [0.15, 0.2) is 47.5 Å². The lowest BCUT2D eigenvalue weighted by Gasteiger charge is -2.30. The highest BCUT2D eigenvalue weighted by Crippen LogP contribution is 2.37. The van der Waals surface area contributed by atoms with E-state index in [4.69, 9.17) is 10.5 Å². The molecule has 1 unspecified atom stereocenters. The number of hydrogen-bond acceptors (Lipinski definition) is 6. The van der Waals surface area contributed by atoms with Gasteiger partial charge in [-0.2, -0.15) is 0 Å². The number of morpholine rings is 1. The Bertz CT molecular complexity index is 993. The molecule has 0 saturated carbocycles. The fraction of sp³-hybridized carbons (Fsp3) is 0.391. The summed E-state index contributed by atoms with van der Waals surface area (Å²) in [6.45, 7) is 5.90. The number of anilines is 1. The summed E-state index contributed by atoms with van der Waals surface area (Å²) in [5, 5.41) is 3.36. The van der Waals surface area contributed by atoms with Gasteiger partial charge in [0.15, 0.2) is 5.17 Å². The molecule has 1 atom stereocenters. The first-order valence-electron chi connectivity index (χ1n) is 10.4. The average Bonchev–Trinajstić information content (AvgIpc) is 2.76. The van der Waals surface area contributed by atoms with E-state index in [0.717, 1.165) is 44.2 Å². The van der Waals surface area contributed by atoms with E-state index in [1.54, 1.807) is 18.2 Å². The number of nitrogens with one attached hydrogen (secondary N) is 1. The number of rotatable bonds is 5. The number of aliphatic imine (C=N–C) groups is 1. The van der Waals surface area contributed by atoms with Gasteiger partial charge in [0.05, 0.1) is 18.8 Å². The number of thioether (sulfide) groups is 1. The quantitative estimate of drug-likeness (QED) is 0.740. The third-order valence-corrected chi connectivity index (χ3v) is 6.49. The molecule has 0 aliphatic carbocycles. The summed E-state index contributed by atoms with van der Waals surface area (Å²) >= 11 is 1.47. The Morgan fingerprint density at radius 2 is 2.10 bits per heavy atom. The summed E-state index contributed by atoms with van der Waals surface area (Å²) in [6.07, 6.45) is 0.677. The van der Waals surface area contributed by atoms with E-state index in [1.807, 2.05) is 25.1 Å². The van der Waals surface area contributed by atoms with Crippen LogP contribution in [0.1, 0.15) is 34.8 Å².